The van der Waals surface area contributed by atoms with Crippen LogP contribution in [-0.2, 0) is 19.1 Å². The molecule has 0 heterocycles. The second kappa shape index (κ2) is 7.25. The summed E-state index contributed by atoms with van der Waals surface area (Å²) >= 11 is 0. The summed E-state index contributed by atoms with van der Waals surface area (Å²) in [6.07, 6.45) is 7.37. The number of ether oxygens (including phenoxy) is 2. The first kappa shape index (κ1) is 13.0. The monoisotopic (exact) mass is 228 g/mol. The molecule has 0 amide bonds. The maximum Gasteiger partial charge on any atom is 0.344 e. The van der Waals surface area contributed by atoms with Crippen LogP contribution in [0.2, 0.25) is 0 Å². The normalized spacial score (nSPS) is 16.8. The molecule has 4 nitrogen and oxygen atoms in total. The highest BCUT2D eigenvalue weighted by Crippen LogP contribution is 2.25. The van der Waals surface area contributed by atoms with Crippen LogP contribution in [0.1, 0.15) is 45.4 Å². The summed E-state index contributed by atoms with van der Waals surface area (Å²) < 4.78 is 9.51. The summed E-state index contributed by atoms with van der Waals surface area (Å²) in [6.45, 7) is 1.46. The Bertz CT molecular complexity index is 231. The molecule has 0 spiro atoms. The van der Waals surface area contributed by atoms with Crippen LogP contribution in [0.4, 0.5) is 0 Å². The van der Waals surface area contributed by atoms with Crippen molar-refractivity contribution in [2.45, 2.75) is 45.4 Å². The highest BCUT2D eigenvalue weighted by molar-refractivity contribution is 5.75. The van der Waals surface area contributed by atoms with E-state index in [9.17, 15) is 9.59 Å². The third-order valence-corrected chi connectivity index (χ3v) is 2.91. The average Bonchev–Trinajstić information content (AvgIpc) is 2.28. The molecule has 0 aromatic heterocycles. The van der Waals surface area contributed by atoms with Crippen molar-refractivity contribution in [2.24, 2.45) is 5.92 Å². The molecule has 1 aliphatic rings. The highest BCUT2D eigenvalue weighted by Gasteiger charge is 2.14. The number of rotatable bonds is 5. The molecular weight excluding hydrogens is 208 g/mol. The van der Waals surface area contributed by atoms with Gasteiger partial charge >= 0.3 is 11.9 Å². The smallest absolute Gasteiger partial charge is 0.344 e. The lowest BCUT2D eigenvalue weighted by molar-refractivity contribution is -0.157. The molecule has 0 aromatic rings. The Hall–Kier alpha value is -1.06. The van der Waals surface area contributed by atoms with Crippen LogP contribution in [0, 0.1) is 5.92 Å². The predicted molar refractivity (Wildman–Crippen MR) is 58.8 cm³/mol. The van der Waals surface area contributed by atoms with Gasteiger partial charge < -0.3 is 9.47 Å². The van der Waals surface area contributed by atoms with Crippen molar-refractivity contribution < 1.29 is 19.1 Å². The van der Waals surface area contributed by atoms with Crippen molar-refractivity contribution in [1.82, 2.24) is 0 Å². The van der Waals surface area contributed by atoms with Crippen LogP contribution in [0.25, 0.3) is 0 Å². The zero-order chi connectivity index (χ0) is 11.8. The average molecular weight is 228 g/mol. The first-order valence-electron chi connectivity index (χ1n) is 5.97. The Morgan fingerprint density at radius 2 is 1.81 bits per heavy atom. The van der Waals surface area contributed by atoms with E-state index in [0.717, 1.165) is 6.42 Å². The maximum absolute atomic E-state index is 11.1. The van der Waals surface area contributed by atoms with Gasteiger partial charge in [-0.05, 0) is 12.3 Å². The Morgan fingerprint density at radius 1 is 1.12 bits per heavy atom. The minimum absolute atomic E-state index is 0.264. The molecule has 0 atom stereocenters. The topological polar surface area (TPSA) is 52.6 Å². The van der Waals surface area contributed by atoms with Crippen LogP contribution < -0.4 is 0 Å². The van der Waals surface area contributed by atoms with Crippen LogP contribution >= 0.6 is 0 Å². The Balaban J connectivity index is 2.01. The van der Waals surface area contributed by atoms with E-state index < -0.39 is 11.9 Å². The highest BCUT2D eigenvalue weighted by atomic mass is 16.6. The fourth-order valence-corrected chi connectivity index (χ4v) is 2.02. The van der Waals surface area contributed by atoms with E-state index in [2.05, 4.69) is 4.74 Å². The molecule has 1 saturated carbocycles. The Morgan fingerprint density at radius 3 is 2.44 bits per heavy atom. The van der Waals surface area contributed by atoms with Crippen molar-refractivity contribution in [3.05, 3.63) is 0 Å². The van der Waals surface area contributed by atoms with Crippen molar-refractivity contribution in [3.8, 4) is 0 Å². The minimum Gasteiger partial charge on any atom is -0.463 e. The standard InChI is InChI=1S/C12H20O4/c1-10(13)16-9-12(14)15-8-7-11-5-3-2-4-6-11/h11H,2-9H2,1H3. The molecule has 1 rings (SSSR count). The number of hydrogen-bond acceptors (Lipinski definition) is 4. The van der Waals surface area contributed by atoms with Crippen LogP contribution in [0.5, 0.6) is 0 Å². The number of carbonyl (C=O) groups is 2. The van der Waals surface area contributed by atoms with E-state index >= 15 is 0 Å². The van der Waals surface area contributed by atoms with Gasteiger partial charge in [-0.2, -0.15) is 0 Å². The van der Waals surface area contributed by atoms with E-state index in [4.69, 9.17) is 4.74 Å². The molecule has 16 heavy (non-hydrogen) atoms. The number of esters is 2. The van der Waals surface area contributed by atoms with Crippen molar-refractivity contribution in [2.75, 3.05) is 13.2 Å². The summed E-state index contributed by atoms with van der Waals surface area (Å²) in [6, 6.07) is 0. The zero-order valence-electron chi connectivity index (χ0n) is 9.87. The van der Waals surface area contributed by atoms with E-state index in [1.54, 1.807) is 0 Å². The molecule has 0 saturated heterocycles. The van der Waals surface area contributed by atoms with Gasteiger partial charge in [0.15, 0.2) is 6.61 Å². The van der Waals surface area contributed by atoms with Gasteiger partial charge in [0.1, 0.15) is 0 Å². The van der Waals surface area contributed by atoms with Gasteiger partial charge in [-0.3, -0.25) is 4.79 Å². The zero-order valence-corrected chi connectivity index (χ0v) is 9.87. The molecule has 0 aliphatic heterocycles. The molecule has 1 aliphatic carbocycles. The fraction of sp³-hybridized carbons (Fsp3) is 0.833. The molecule has 0 bridgehead atoms. The van der Waals surface area contributed by atoms with Gasteiger partial charge in [0, 0.05) is 6.92 Å². The molecule has 0 radical (unpaired) electrons. The first-order valence-corrected chi connectivity index (χ1v) is 5.97. The summed E-state index contributed by atoms with van der Waals surface area (Å²) in [5.41, 5.74) is 0. The molecule has 92 valence electrons. The lowest BCUT2D eigenvalue weighted by Gasteiger charge is -2.20. The predicted octanol–water partition coefficient (Wildman–Crippen LogP) is 2.06. The van der Waals surface area contributed by atoms with E-state index in [-0.39, 0.29) is 6.61 Å². The van der Waals surface area contributed by atoms with Crippen LogP contribution in [0.3, 0.4) is 0 Å². The van der Waals surface area contributed by atoms with Crippen LogP contribution in [0.15, 0.2) is 0 Å². The van der Waals surface area contributed by atoms with Gasteiger partial charge in [0.05, 0.1) is 6.61 Å². The molecule has 0 N–H and O–H groups in total. The van der Waals surface area contributed by atoms with Gasteiger partial charge in [0.25, 0.3) is 0 Å². The lowest BCUT2D eigenvalue weighted by atomic mass is 9.87. The van der Waals surface area contributed by atoms with Crippen molar-refractivity contribution >= 4 is 11.9 Å². The molecular formula is C12H20O4. The summed E-state index contributed by atoms with van der Waals surface area (Å²) in [5, 5.41) is 0. The fourth-order valence-electron chi connectivity index (χ4n) is 2.02. The van der Waals surface area contributed by atoms with Crippen molar-refractivity contribution in [1.29, 1.82) is 0 Å². The van der Waals surface area contributed by atoms with Gasteiger partial charge in [0.2, 0.25) is 0 Å². The Kier molecular flexibility index (Phi) is 5.90. The third-order valence-electron chi connectivity index (χ3n) is 2.91. The first-order chi connectivity index (χ1) is 7.68. The maximum atomic E-state index is 11.1. The molecule has 4 heteroatoms. The van der Waals surface area contributed by atoms with Gasteiger partial charge in [-0.15, -0.1) is 0 Å². The van der Waals surface area contributed by atoms with Crippen LogP contribution in [-0.4, -0.2) is 25.2 Å². The van der Waals surface area contributed by atoms with Gasteiger partial charge in [-0.25, -0.2) is 4.79 Å². The third kappa shape index (κ3) is 5.73. The second-order valence-electron chi connectivity index (χ2n) is 4.29. The van der Waals surface area contributed by atoms with Gasteiger partial charge in [-0.1, -0.05) is 32.1 Å². The van der Waals surface area contributed by atoms with E-state index in [1.165, 1.54) is 39.0 Å². The summed E-state index contributed by atoms with van der Waals surface area (Å²) in [5.74, 6) is -0.203. The van der Waals surface area contributed by atoms with E-state index in [0.29, 0.717) is 12.5 Å². The quantitative estimate of drug-likeness (QED) is 0.676. The molecule has 1 fully saturated rings. The largest absolute Gasteiger partial charge is 0.463 e. The molecule has 0 aromatic carbocycles. The minimum atomic E-state index is -0.454. The number of hydrogen-bond donors (Lipinski definition) is 0. The molecule has 0 unspecified atom stereocenters. The SMILES string of the molecule is CC(=O)OCC(=O)OCCC1CCCCC1. The number of carbonyl (C=O) groups excluding carboxylic acids is 2. The second-order valence-corrected chi connectivity index (χ2v) is 4.29. The Labute approximate surface area is 96.3 Å². The van der Waals surface area contributed by atoms with E-state index in [1.807, 2.05) is 0 Å². The summed E-state index contributed by atoms with van der Waals surface area (Å²) in [4.78, 5) is 21.5. The summed E-state index contributed by atoms with van der Waals surface area (Å²) in [7, 11) is 0. The van der Waals surface area contributed by atoms with Crippen molar-refractivity contribution in [3.63, 3.8) is 0 Å². The lowest BCUT2D eigenvalue weighted by Crippen LogP contribution is -2.17.